The van der Waals surface area contributed by atoms with Crippen LogP contribution in [0.3, 0.4) is 0 Å². The van der Waals surface area contributed by atoms with E-state index in [-0.39, 0.29) is 35.8 Å². The standard InChI is InChI=1S/C17H16F2N2O5/c18-14-8-10(22)2-4-12(14)16(24)20-6-1-7-26-21-17(25)13-5-3-11(23)9-15(13)19/h2-5,8-9,22-23H,1,6-7H2,(H,20,24)(H,21,25). The Balaban J connectivity index is 1.69. The third-order valence-corrected chi connectivity index (χ3v) is 3.27. The molecule has 0 atom stereocenters. The van der Waals surface area contributed by atoms with Crippen LogP contribution in [-0.2, 0) is 4.84 Å². The summed E-state index contributed by atoms with van der Waals surface area (Å²) in [7, 11) is 0. The van der Waals surface area contributed by atoms with E-state index < -0.39 is 23.4 Å². The van der Waals surface area contributed by atoms with Gasteiger partial charge in [0.25, 0.3) is 11.8 Å². The Hall–Kier alpha value is -3.20. The molecule has 0 saturated heterocycles. The van der Waals surface area contributed by atoms with Gasteiger partial charge >= 0.3 is 0 Å². The first-order valence-electron chi connectivity index (χ1n) is 7.56. The van der Waals surface area contributed by atoms with Crippen LogP contribution in [0.15, 0.2) is 36.4 Å². The molecule has 0 aliphatic rings. The number of carbonyl (C=O) groups is 2. The highest BCUT2D eigenvalue weighted by atomic mass is 19.1. The Morgan fingerprint density at radius 3 is 2.00 bits per heavy atom. The van der Waals surface area contributed by atoms with Crippen molar-refractivity contribution in [3.8, 4) is 11.5 Å². The number of hydrogen-bond acceptors (Lipinski definition) is 5. The van der Waals surface area contributed by atoms with Gasteiger partial charge in [-0.15, -0.1) is 0 Å². The Morgan fingerprint density at radius 2 is 1.46 bits per heavy atom. The van der Waals surface area contributed by atoms with E-state index in [2.05, 4.69) is 5.32 Å². The van der Waals surface area contributed by atoms with Gasteiger partial charge in [0.05, 0.1) is 17.7 Å². The molecule has 0 aliphatic heterocycles. The molecule has 0 aromatic heterocycles. The Labute approximate surface area is 147 Å². The number of rotatable bonds is 7. The first kappa shape index (κ1) is 19.1. The topological polar surface area (TPSA) is 108 Å². The van der Waals surface area contributed by atoms with E-state index >= 15 is 0 Å². The summed E-state index contributed by atoms with van der Waals surface area (Å²) in [4.78, 5) is 28.3. The molecule has 2 aromatic rings. The van der Waals surface area contributed by atoms with Gasteiger partial charge in [0.2, 0.25) is 0 Å². The van der Waals surface area contributed by atoms with E-state index in [1.807, 2.05) is 5.48 Å². The molecule has 0 heterocycles. The van der Waals surface area contributed by atoms with Crippen LogP contribution in [0.1, 0.15) is 27.1 Å². The summed E-state index contributed by atoms with van der Waals surface area (Å²) in [6.07, 6.45) is 0.295. The van der Waals surface area contributed by atoms with Gasteiger partial charge < -0.3 is 15.5 Å². The van der Waals surface area contributed by atoms with Crippen LogP contribution in [-0.4, -0.2) is 35.2 Å². The number of amides is 2. The maximum atomic E-state index is 13.5. The Kier molecular flexibility index (Phi) is 6.45. The highest BCUT2D eigenvalue weighted by Crippen LogP contribution is 2.15. The summed E-state index contributed by atoms with van der Waals surface area (Å²) >= 11 is 0. The Morgan fingerprint density at radius 1 is 0.923 bits per heavy atom. The zero-order valence-electron chi connectivity index (χ0n) is 13.5. The molecule has 2 rings (SSSR count). The zero-order valence-corrected chi connectivity index (χ0v) is 13.5. The fourth-order valence-electron chi connectivity index (χ4n) is 1.99. The molecule has 4 N–H and O–H groups in total. The molecule has 0 spiro atoms. The van der Waals surface area contributed by atoms with Gasteiger partial charge in [0.15, 0.2) is 0 Å². The average Bonchev–Trinajstić information content (AvgIpc) is 2.57. The van der Waals surface area contributed by atoms with E-state index in [1.165, 1.54) is 6.07 Å². The number of halogens is 2. The fraction of sp³-hybridized carbons (Fsp3) is 0.176. The number of aromatic hydroxyl groups is 2. The van der Waals surface area contributed by atoms with E-state index in [9.17, 15) is 18.4 Å². The summed E-state index contributed by atoms with van der Waals surface area (Å²) in [5, 5.41) is 20.6. The number of hydrogen-bond donors (Lipinski definition) is 4. The van der Waals surface area contributed by atoms with Crippen LogP contribution in [0, 0.1) is 11.6 Å². The SMILES string of the molecule is O=C(NCCCONC(=O)c1ccc(O)cc1F)c1ccc(O)cc1F. The Bertz CT molecular complexity index is 746. The van der Waals surface area contributed by atoms with Crippen molar-refractivity contribution in [3.63, 3.8) is 0 Å². The van der Waals surface area contributed by atoms with Gasteiger partial charge in [-0.2, -0.15) is 0 Å². The predicted molar refractivity (Wildman–Crippen MR) is 86.5 cm³/mol. The quantitative estimate of drug-likeness (QED) is 0.442. The average molecular weight is 366 g/mol. The molecule has 0 bridgehead atoms. The van der Waals surface area contributed by atoms with E-state index in [0.717, 1.165) is 30.3 Å². The molecule has 0 fully saturated rings. The lowest BCUT2D eigenvalue weighted by Gasteiger charge is -2.08. The second-order valence-electron chi connectivity index (χ2n) is 5.22. The minimum Gasteiger partial charge on any atom is -0.508 e. The zero-order chi connectivity index (χ0) is 19.1. The van der Waals surface area contributed by atoms with Crippen molar-refractivity contribution in [2.75, 3.05) is 13.2 Å². The first-order chi connectivity index (χ1) is 12.4. The number of carbonyl (C=O) groups excluding carboxylic acids is 2. The number of hydroxylamine groups is 1. The van der Waals surface area contributed by atoms with Crippen molar-refractivity contribution >= 4 is 11.8 Å². The molecule has 2 aromatic carbocycles. The molecule has 9 heteroatoms. The van der Waals surface area contributed by atoms with E-state index in [0.29, 0.717) is 6.42 Å². The van der Waals surface area contributed by atoms with Crippen molar-refractivity contribution in [1.82, 2.24) is 10.8 Å². The van der Waals surface area contributed by atoms with Gasteiger partial charge in [-0.1, -0.05) is 0 Å². The van der Waals surface area contributed by atoms with Gasteiger partial charge in [-0.05, 0) is 30.7 Å². The molecular weight excluding hydrogens is 350 g/mol. The molecule has 138 valence electrons. The molecule has 0 unspecified atom stereocenters. The molecular formula is C17H16F2N2O5. The van der Waals surface area contributed by atoms with Crippen molar-refractivity contribution < 1.29 is 33.4 Å². The van der Waals surface area contributed by atoms with E-state index in [1.54, 1.807) is 0 Å². The molecule has 0 saturated carbocycles. The normalized spacial score (nSPS) is 10.4. The summed E-state index contributed by atoms with van der Waals surface area (Å²) in [5.41, 5.74) is 1.53. The number of phenols is 2. The van der Waals surface area contributed by atoms with Gasteiger partial charge in [-0.25, -0.2) is 14.3 Å². The molecule has 0 aliphatic carbocycles. The number of nitrogens with one attached hydrogen (secondary N) is 2. The largest absolute Gasteiger partial charge is 0.508 e. The maximum Gasteiger partial charge on any atom is 0.277 e. The van der Waals surface area contributed by atoms with Gasteiger partial charge in [0, 0.05) is 18.7 Å². The predicted octanol–water partition coefficient (Wildman–Crippen LogP) is 1.86. The minimum absolute atomic E-state index is 0.0176. The lowest BCUT2D eigenvalue weighted by molar-refractivity contribution is 0.0300. The summed E-state index contributed by atoms with van der Waals surface area (Å²) in [5.74, 6) is -3.80. The van der Waals surface area contributed by atoms with Crippen LogP contribution in [0.25, 0.3) is 0 Å². The summed E-state index contributed by atoms with van der Waals surface area (Å²) in [6.45, 7) is 0.159. The molecule has 7 nitrogen and oxygen atoms in total. The second-order valence-corrected chi connectivity index (χ2v) is 5.22. The monoisotopic (exact) mass is 366 g/mol. The van der Waals surface area contributed by atoms with Crippen LogP contribution in [0.5, 0.6) is 11.5 Å². The number of phenolic OH excluding ortho intramolecular Hbond substituents is 2. The highest BCUT2D eigenvalue weighted by Gasteiger charge is 2.13. The lowest BCUT2D eigenvalue weighted by atomic mass is 10.2. The second kappa shape index (κ2) is 8.77. The first-order valence-corrected chi connectivity index (χ1v) is 7.56. The van der Waals surface area contributed by atoms with E-state index in [4.69, 9.17) is 15.1 Å². The fourth-order valence-corrected chi connectivity index (χ4v) is 1.99. The molecule has 26 heavy (non-hydrogen) atoms. The van der Waals surface area contributed by atoms with Gasteiger partial charge in [0.1, 0.15) is 23.1 Å². The van der Waals surface area contributed by atoms with Crippen molar-refractivity contribution in [2.45, 2.75) is 6.42 Å². The van der Waals surface area contributed by atoms with Crippen LogP contribution in [0.4, 0.5) is 8.78 Å². The maximum absolute atomic E-state index is 13.5. The van der Waals surface area contributed by atoms with Crippen molar-refractivity contribution in [1.29, 1.82) is 0 Å². The third kappa shape index (κ3) is 5.15. The van der Waals surface area contributed by atoms with Crippen molar-refractivity contribution in [3.05, 3.63) is 59.2 Å². The van der Waals surface area contributed by atoms with Gasteiger partial charge in [-0.3, -0.25) is 14.4 Å². The molecule has 2 amide bonds. The lowest BCUT2D eigenvalue weighted by Crippen LogP contribution is -2.28. The highest BCUT2D eigenvalue weighted by molar-refractivity contribution is 5.94. The smallest absolute Gasteiger partial charge is 0.277 e. The van der Waals surface area contributed by atoms with Crippen LogP contribution < -0.4 is 10.8 Å². The van der Waals surface area contributed by atoms with Crippen LogP contribution in [0.2, 0.25) is 0 Å². The molecule has 0 radical (unpaired) electrons. The third-order valence-electron chi connectivity index (χ3n) is 3.27. The summed E-state index contributed by atoms with van der Waals surface area (Å²) in [6, 6.07) is 6.25. The van der Waals surface area contributed by atoms with Crippen LogP contribution >= 0.6 is 0 Å². The minimum atomic E-state index is -0.894. The summed E-state index contributed by atoms with van der Waals surface area (Å²) < 4.78 is 27.0. The number of benzene rings is 2. The van der Waals surface area contributed by atoms with Crippen molar-refractivity contribution in [2.24, 2.45) is 0 Å².